The third-order valence-corrected chi connectivity index (χ3v) is 3.07. The standard InChI is InChI=1S/C8H7Cl3O2/c1-3-4(9)6(11)7(12)8(13-2)5(3)10/h12H,1-2H3. The van der Waals surface area contributed by atoms with E-state index >= 15 is 0 Å². The number of phenolic OH excluding ortho intramolecular Hbond substituents is 1. The molecule has 0 aromatic heterocycles. The fourth-order valence-corrected chi connectivity index (χ4v) is 1.65. The van der Waals surface area contributed by atoms with Crippen LogP contribution < -0.4 is 4.74 Å². The van der Waals surface area contributed by atoms with E-state index in [4.69, 9.17) is 39.5 Å². The van der Waals surface area contributed by atoms with Crippen LogP contribution in [0.4, 0.5) is 0 Å². The molecule has 0 unspecified atom stereocenters. The Morgan fingerprint density at radius 1 is 1.08 bits per heavy atom. The molecule has 0 saturated carbocycles. The fourth-order valence-electron chi connectivity index (χ4n) is 0.925. The van der Waals surface area contributed by atoms with Crippen LogP contribution in [0.5, 0.6) is 11.5 Å². The lowest BCUT2D eigenvalue weighted by atomic mass is 10.2. The predicted octanol–water partition coefficient (Wildman–Crippen LogP) is 3.67. The highest BCUT2D eigenvalue weighted by atomic mass is 35.5. The van der Waals surface area contributed by atoms with Crippen molar-refractivity contribution in [3.63, 3.8) is 0 Å². The summed E-state index contributed by atoms with van der Waals surface area (Å²) in [6.07, 6.45) is 0. The molecule has 0 fully saturated rings. The van der Waals surface area contributed by atoms with Gasteiger partial charge in [0.25, 0.3) is 0 Å². The van der Waals surface area contributed by atoms with Gasteiger partial charge >= 0.3 is 0 Å². The molecular formula is C8H7Cl3O2. The van der Waals surface area contributed by atoms with Gasteiger partial charge in [-0.2, -0.15) is 0 Å². The van der Waals surface area contributed by atoms with Crippen LogP contribution in [0.25, 0.3) is 0 Å². The van der Waals surface area contributed by atoms with E-state index in [9.17, 15) is 5.11 Å². The number of phenols is 1. The normalized spacial score (nSPS) is 10.2. The number of rotatable bonds is 1. The Hall–Kier alpha value is -0.310. The van der Waals surface area contributed by atoms with Gasteiger partial charge in [-0.05, 0) is 12.5 Å². The Bertz CT molecular complexity index is 321. The van der Waals surface area contributed by atoms with Crippen LogP contribution in [0, 0.1) is 6.92 Å². The van der Waals surface area contributed by atoms with E-state index in [0.29, 0.717) is 5.56 Å². The van der Waals surface area contributed by atoms with Crippen LogP contribution in [0.1, 0.15) is 5.56 Å². The first-order valence-electron chi connectivity index (χ1n) is 3.40. The molecule has 2 nitrogen and oxygen atoms in total. The van der Waals surface area contributed by atoms with Gasteiger partial charge in [-0.25, -0.2) is 0 Å². The summed E-state index contributed by atoms with van der Waals surface area (Å²) >= 11 is 17.4. The number of hydrogen-bond acceptors (Lipinski definition) is 2. The maximum atomic E-state index is 9.46. The van der Waals surface area contributed by atoms with Gasteiger partial charge < -0.3 is 9.84 Å². The predicted molar refractivity (Wildman–Crippen MR) is 54.4 cm³/mol. The first-order chi connectivity index (χ1) is 6.00. The molecule has 0 aliphatic rings. The van der Waals surface area contributed by atoms with Crippen LogP contribution in [-0.4, -0.2) is 12.2 Å². The first kappa shape index (κ1) is 10.8. The van der Waals surface area contributed by atoms with E-state index in [-0.39, 0.29) is 26.6 Å². The zero-order chi connectivity index (χ0) is 10.2. The summed E-state index contributed by atoms with van der Waals surface area (Å²) in [4.78, 5) is 0. The van der Waals surface area contributed by atoms with Crippen molar-refractivity contribution in [2.24, 2.45) is 0 Å². The van der Waals surface area contributed by atoms with E-state index in [1.165, 1.54) is 7.11 Å². The van der Waals surface area contributed by atoms with Crippen molar-refractivity contribution in [1.29, 1.82) is 0 Å². The molecule has 1 aromatic carbocycles. The van der Waals surface area contributed by atoms with Crippen molar-refractivity contribution in [1.82, 2.24) is 0 Å². The van der Waals surface area contributed by atoms with E-state index in [2.05, 4.69) is 0 Å². The Balaban J connectivity index is 3.56. The van der Waals surface area contributed by atoms with E-state index in [1.54, 1.807) is 6.92 Å². The molecule has 0 bridgehead atoms. The highest BCUT2D eigenvalue weighted by Crippen LogP contribution is 2.46. The molecule has 0 heterocycles. The number of hydrogen-bond donors (Lipinski definition) is 1. The lowest BCUT2D eigenvalue weighted by Crippen LogP contribution is -1.89. The van der Waals surface area contributed by atoms with Crippen molar-refractivity contribution in [3.05, 3.63) is 20.6 Å². The Morgan fingerprint density at radius 3 is 2.08 bits per heavy atom. The molecule has 0 spiro atoms. The highest BCUT2D eigenvalue weighted by molar-refractivity contribution is 6.45. The van der Waals surface area contributed by atoms with Crippen LogP contribution in [0.3, 0.4) is 0 Å². The van der Waals surface area contributed by atoms with Gasteiger partial charge in [0, 0.05) is 0 Å². The van der Waals surface area contributed by atoms with Crippen molar-refractivity contribution < 1.29 is 9.84 Å². The molecule has 0 amide bonds. The number of benzene rings is 1. The summed E-state index contributed by atoms with van der Waals surface area (Å²) in [5.41, 5.74) is 0.586. The summed E-state index contributed by atoms with van der Waals surface area (Å²) < 4.78 is 4.87. The van der Waals surface area contributed by atoms with Crippen LogP contribution in [0.15, 0.2) is 0 Å². The molecule has 1 rings (SSSR count). The topological polar surface area (TPSA) is 29.5 Å². The van der Waals surface area contributed by atoms with E-state index in [1.807, 2.05) is 0 Å². The van der Waals surface area contributed by atoms with Crippen molar-refractivity contribution in [2.75, 3.05) is 7.11 Å². The van der Waals surface area contributed by atoms with Gasteiger partial charge in [0.15, 0.2) is 11.5 Å². The van der Waals surface area contributed by atoms with Gasteiger partial charge in [-0.3, -0.25) is 0 Å². The largest absolute Gasteiger partial charge is 0.503 e. The third kappa shape index (κ3) is 1.66. The molecule has 0 radical (unpaired) electrons. The van der Waals surface area contributed by atoms with Gasteiger partial charge in [-0.15, -0.1) is 0 Å². The van der Waals surface area contributed by atoms with E-state index < -0.39 is 0 Å². The molecular weight excluding hydrogens is 234 g/mol. The Kier molecular flexibility index (Phi) is 3.17. The fraction of sp³-hybridized carbons (Fsp3) is 0.250. The number of halogens is 3. The second-order valence-electron chi connectivity index (χ2n) is 2.45. The van der Waals surface area contributed by atoms with Gasteiger partial charge in [-0.1, -0.05) is 34.8 Å². The van der Waals surface area contributed by atoms with E-state index in [0.717, 1.165) is 0 Å². The smallest absolute Gasteiger partial charge is 0.181 e. The molecule has 0 aliphatic carbocycles. The van der Waals surface area contributed by atoms with Crippen molar-refractivity contribution >= 4 is 34.8 Å². The summed E-state index contributed by atoms with van der Waals surface area (Å²) in [7, 11) is 1.39. The average molecular weight is 242 g/mol. The van der Waals surface area contributed by atoms with Gasteiger partial charge in [0.05, 0.1) is 17.2 Å². The highest BCUT2D eigenvalue weighted by Gasteiger charge is 2.18. The summed E-state index contributed by atoms with van der Waals surface area (Å²) in [5, 5.41) is 10.0. The molecule has 13 heavy (non-hydrogen) atoms. The average Bonchev–Trinajstić information content (AvgIpc) is 2.13. The van der Waals surface area contributed by atoms with Gasteiger partial charge in [0.2, 0.25) is 0 Å². The quantitative estimate of drug-likeness (QED) is 0.760. The first-order valence-corrected chi connectivity index (χ1v) is 4.54. The number of aromatic hydroxyl groups is 1. The minimum absolute atomic E-state index is 0.0559. The molecule has 0 atom stereocenters. The molecule has 72 valence electrons. The molecule has 0 saturated heterocycles. The minimum Gasteiger partial charge on any atom is -0.503 e. The lowest BCUT2D eigenvalue weighted by molar-refractivity contribution is 0.373. The summed E-state index contributed by atoms with van der Waals surface area (Å²) in [6.45, 7) is 1.69. The maximum absolute atomic E-state index is 9.46. The summed E-state index contributed by atoms with van der Waals surface area (Å²) in [6, 6.07) is 0. The van der Waals surface area contributed by atoms with Crippen LogP contribution >= 0.6 is 34.8 Å². The molecule has 5 heteroatoms. The maximum Gasteiger partial charge on any atom is 0.181 e. The summed E-state index contributed by atoms with van der Waals surface area (Å²) in [5.74, 6) is -0.0849. The Labute approximate surface area is 91.0 Å². The second kappa shape index (κ2) is 3.82. The third-order valence-electron chi connectivity index (χ3n) is 1.68. The second-order valence-corrected chi connectivity index (χ2v) is 3.58. The van der Waals surface area contributed by atoms with Crippen molar-refractivity contribution in [3.8, 4) is 11.5 Å². The minimum atomic E-state index is -0.232. The molecule has 1 N–H and O–H groups in total. The van der Waals surface area contributed by atoms with Gasteiger partial charge in [0.1, 0.15) is 5.02 Å². The zero-order valence-corrected chi connectivity index (χ0v) is 9.26. The lowest BCUT2D eigenvalue weighted by Gasteiger charge is -2.11. The van der Waals surface area contributed by atoms with Crippen molar-refractivity contribution in [2.45, 2.75) is 6.92 Å². The van der Waals surface area contributed by atoms with Crippen LogP contribution in [-0.2, 0) is 0 Å². The monoisotopic (exact) mass is 240 g/mol. The number of ether oxygens (including phenoxy) is 1. The van der Waals surface area contributed by atoms with Crippen LogP contribution in [0.2, 0.25) is 15.1 Å². The molecule has 1 aromatic rings. The Morgan fingerprint density at radius 2 is 1.62 bits per heavy atom. The zero-order valence-electron chi connectivity index (χ0n) is 6.99. The number of methoxy groups -OCH3 is 1. The molecule has 0 aliphatic heterocycles. The SMILES string of the molecule is COc1c(O)c(Cl)c(Cl)c(C)c1Cl.